The summed E-state index contributed by atoms with van der Waals surface area (Å²) in [6, 6.07) is 5.74. The Morgan fingerprint density at radius 2 is 1.83 bits per heavy atom. The van der Waals surface area contributed by atoms with Crippen molar-refractivity contribution < 1.29 is 4.79 Å². The normalized spacial score (nSPS) is 19.0. The Labute approximate surface area is 115 Å². The molecule has 0 heterocycles. The molecule has 96 valence electrons. The van der Waals surface area contributed by atoms with Gasteiger partial charge in [-0.2, -0.15) is 0 Å². The molecule has 3 rings (SSSR count). The van der Waals surface area contributed by atoms with Gasteiger partial charge in [0.05, 0.1) is 0 Å². The fourth-order valence-corrected chi connectivity index (χ4v) is 3.02. The molecule has 0 aliphatic heterocycles. The summed E-state index contributed by atoms with van der Waals surface area (Å²) in [6.45, 7) is 0. The van der Waals surface area contributed by atoms with Crippen LogP contribution in [0, 0.1) is 11.8 Å². The molecule has 2 aliphatic rings. The molecular weight excluding hydrogens is 292 g/mol. The van der Waals surface area contributed by atoms with Gasteiger partial charge in [0.15, 0.2) is 0 Å². The van der Waals surface area contributed by atoms with E-state index in [1.165, 1.54) is 25.7 Å². The van der Waals surface area contributed by atoms with Gasteiger partial charge in [0.1, 0.15) is 0 Å². The molecule has 0 spiro atoms. The Hall–Kier alpha value is -1.03. The topological polar surface area (TPSA) is 55.1 Å². The second-order valence-electron chi connectivity index (χ2n) is 5.45. The van der Waals surface area contributed by atoms with Crippen molar-refractivity contribution in [3.63, 3.8) is 0 Å². The summed E-state index contributed by atoms with van der Waals surface area (Å²) in [6.07, 6.45) is 5.06. The number of benzene rings is 1. The predicted octanol–water partition coefficient (Wildman–Crippen LogP) is 2.95. The lowest BCUT2D eigenvalue weighted by Crippen LogP contribution is -2.38. The quantitative estimate of drug-likeness (QED) is 0.840. The van der Waals surface area contributed by atoms with Gasteiger partial charge in [0.25, 0.3) is 5.91 Å². The molecule has 2 fully saturated rings. The average molecular weight is 309 g/mol. The number of nitrogens with two attached hydrogens (primary N) is 1. The van der Waals surface area contributed by atoms with E-state index >= 15 is 0 Å². The average Bonchev–Trinajstić information content (AvgIpc) is 3.14. The van der Waals surface area contributed by atoms with Gasteiger partial charge in [-0.3, -0.25) is 4.79 Å². The Bertz CT molecular complexity index is 448. The molecule has 1 aromatic carbocycles. The van der Waals surface area contributed by atoms with Gasteiger partial charge in [-0.25, -0.2) is 0 Å². The van der Waals surface area contributed by atoms with Gasteiger partial charge in [0.2, 0.25) is 0 Å². The fraction of sp³-hybridized carbons (Fsp3) is 0.500. The monoisotopic (exact) mass is 308 g/mol. The van der Waals surface area contributed by atoms with E-state index in [4.69, 9.17) is 5.73 Å². The highest BCUT2D eigenvalue weighted by molar-refractivity contribution is 9.10. The highest BCUT2D eigenvalue weighted by Crippen LogP contribution is 2.44. The molecule has 0 radical (unpaired) electrons. The highest BCUT2D eigenvalue weighted by atomic mass is 79.9. The number of anilines is 1. The van der Waals surface area contributed by atoms with E-state index in [1.54, 1.807) is 12.1 Å². The van der Waals surface area contributed by atoms with Crippen LogP contribution in [0.3, 0.4) is 0 Å². The number of carbonyl (C=O) groups excluding carboxylic acids is 1. The smallest absolute Gasteiger partial charge is 0.251 e. The summed E-state index contributed by atoms with van der Waals surface area (Å²) in [5, 5.41) is 3.20. The minimum absolute atomic E-state index is 0.00630. The van der Waals surface area contributed by atoms with Gasteiger partial charge in [0, 0.05) is 21.8 Å². The van der Waals surface area contributed by atoms with Crippen molar-refractivity contribution in [3.05, 3.63) is 28.2 Å². The third-order valence-corrected chi connectivity index (χ3v) is 4.20. The summed E-state index contributed by atoms with van der Waals surface area (Å²) in [4.78, 5) is 12.2. The van der Waals surface area contributed by atoms with Crippen LogP contribution < -0.4 is 11.1 Å². The molecule has 3 nitrogen and oxygen atoms in total. The molecule has 2 aliphatic carbocycles. The largest absolute Gasteiger partial charge is 0.399 e. The van der Waals surface area contributed by atoms with E-state index in [0.717, 1.165) is 4.47 Å². The van der Waals surface area contributed by atoms with E-state index in [1.807, 2.05) is 6.07 Å². The Kier molecular flexibility index (Phi) is 3.06. The summed E-state index contributed by atoms with van der Waals surface area (Å²) in [5.41, 5.74) is 7.02. The standard InChI is InChI=1S/C14H17BrN2O/c15-11-5-10(6-12(16)7-11)14(18)17-13(8-1-2-8)9-3-4-9/h5-9,13H,1-4,16H2,(H,17,18). The molecule has 0 unspecified atom stereocenters. The summed E-state index contributed by atoms with van der Waals surface area (Å²) >= 11 is 3.37. The van der Waals surface area contributed by atoms with Crippen LogP contribution in [0.1, 0.15) is 36.0 Å². The van der Waals surface area contributed by atoms with Crippen molar-refractivity contribution in [2.45, 2.75) is 31.7 Å². The van der Waals surface area contributed by atoms with Gasteiger partial charge >= 0.3 is 0 Å². The molecule has 0 bridgehead atoms. The first-order valence-corrected chi connectivity index (χ1v) is 7.30. The third kappa shape index (κ3) is 2.69. The molecule has 18 heavy (non-hydrogen) atoms. The molecule has 2 saturated carbocycles. The first-order valence-electron chi connectivity index (χ1n) is 6.50. The molecule has 0 aromatic heterocycles. The fourth-order valence-electron chi connectivity index (χ4n) is 2.51. The van der Waals surface area contributed by atoms with Gasteiger partial charge in [-0.1, -0.05) is 15.9 Å². The Morgan fingerprint density at radius 1 is 1.22 bits per heavy atom. The number of rotatable bonds is 4. The lowest BCUT2D eigenvalue weighted by atomic mass is 10.1. The van der Waals surface area contributed by atoms with E-state index in [9.17, 15) is 4.79 Å². The van der Waals surface area contributed by atoms with Crippen molar-refractivity contribution in [1.82, 2.24) is 5.32 Å². The number of amides is 1. The SMILES string of the molecule is Nc1cc(Br)cc(C(=O)NC(C2CC2)C2CC2)c1. The molecule has 4 heteroatoms. The van der Waals surface area contributed by atoms with E-state index < -0.39 is 0 Å². The Morgan fingerprint density at radius 3 is 2.33 bits per heavy atom. The maximum Gasteiger partial charge on any atom is 0.251 e. The predicted molar refractivity (Wildman–Crippen MR) is 75.3 cm³/mol. The second-order valence-corrected chi connectivity index (χ2v) is 6.36. The van der Waals surface area contributed by atoms with Crippen molar-refractivity contribution >= 4 is 27.5 Å². The van der Waals surface area contributed by atoms with Gasteiger partial charge in [-0.15, -0.1) is 0 Å². The number of carbonyl (C=O) groups is 1. The van der Waals surface area contributed by atoms with E-state index in [2.05, 4.69) is 21.2 Å². The molecule has 3 N–H and O–H groups in total. The maximum atomic E-state index is 12.2. The first-order chi connectivity index (χ1) is 8.63. The number of hydrogen-bond donors (Lipinski definition) is 2. The summed E-state index contributed by atoms with van der Waals surface area (Å²) < 4.78 is 0.849. The summed E-state index contributed by atoms with van der Waals surface area (Å²) in [5.74, 6) is 1.43. The van der Waals surface area contributed by atoms with Gasteiger partial charge < -0.3 is 11.1 Å². The minimum Gasteiger partial charge on any atom is -0.399 e. The van der Waals surface area contributed by atoms with E-state index in [0.29, 0.717) is 29.1 Å². The maximum absolute atomic E-state index is 12.2. The van der Waals surface area contributed by atoms with Crippen LogP contribution in [0.15, 0.2) is 22.7 Å². The van der Waals surface area contributed by atoms with Crippen molar-refractivity contribution in [1.29, 1.82) is 0 Å². The zero-order valence-corrected chi connectivity index (χ0v) is 11.7. The lowest BCUT2D eigenvalue weighted by molar-refractivity contribution is 0.0926. The minimum atomic E-state index is 0.00630. The molecule has 0 saturated heterocycles. The molecule has 0 atom stereocenters. The zero-order valence-electron chi connectivity index (χ0n) is 10.2. The third-order valence-electron chi connectivity index (χ3n) is 3.74. The number of nitrogen functional groups attached to an aromatic ring is 1. The summed E-state index contributed by atoms with van der Waals surface area (Å²) in [7, 11) is 0. The van der Waals surface area contributed by atoms with Crippen LogP contribution in [-0.4, -0.2) is 11.9 Å². The van der Waals surface area contributed by atoms with Gasteiger partial charge in [-0.05, 0) is 55.7 Å². The zero-order chi connectivity index (χ0) is 12.7. The molecule has 1 amide bonds. The van der Waals surface area contributed by atoms with Crippen molar-refractivity contribution in [3.8, 4) is 0 Å². The molecule has 1 aromatic rings. The van der Waals surface area contributed by atoms with Crippen molar-refractivity contribution in [2.24, 2.45) is 11.8 Å². The van der Waals surface area contributed by atoms with Crippen LogP contribution in [0.5, 0.6) is 0 Å². The van der Waals surface area contributed by atoms with Crippen LogP contribution in [0.25, 0.3) is 0 Å². The number of halogens is 1. The Balaban J connectivity index is 1.72. The van der Waals surface area contributed by atoms with Crippen molar-refractivity contribution in [2.75, 3.05) is 5.73 Å². The molecular formula is C14H17BrN2O. The lowest BCUT2D eigenvalue weighted by Gasteiger charge is -2.17. The number of nitrogens with one attached hydrogen (secondary N) is 1. The van der Waals surface area contributed by atoms with Crippen LogP contribution >= 0.6 is 15.9 Å². The highest BCUT2D eigenvalue weighted by Gasteiger charge is 2.42. The number of hydrogen-bond acceptors (Lipinski definition) is 2. The van der Waals surface area contributed by atoms with Crippen LogP contribution in [-0.2, 0) is 0 Å². The van der Waals surface area contributed by atoms with Crippen LogP contribution in [0.4, 0.5) is 5.69 Å². The van der Waals surface area contributed by atoms with Crippen LogP contribution in [0.2, 0.25) is 0 Å². The first kappa shape index (κ1) is 12.0. The second kappa shape index (κ2) is 4.57. The van der Waals surface area contributed by atoms with E-state index in [-0.39, 0.29) is 5.91 Å².